The summed E-state index contributed by atoms with van der Waals surface area (Å²) >= 11 is 13.3. The Labute approximate surface area is 312 Å². The second-order valence-corrected chi connectivity index (χ2v) is 14.3. The fraction of sp³-hybridized carbons (Fsp3) is 0.657. The molecule has 4 atom stereocenters. The van der Waals surface area contributed by atoms with E-state index in [9.17, 15) is 33.9 Å². The lowest BCUT2D eigenvalue weighted by Gasteiger charge is -2.29. The Bertz CT molecular complexity index is 1190. The summed E-state index contributed by atoms with van der Waals surface area (Å²) in [6.45, 7) is 10.3. The molecule has 0 spiro atoms. The zero-order valence-electron chi connectivity index (χ0n) is 30.1. The quantitative estimate of drug-likeness (QED) is 0.0815. The van der Waals surface area contributed by atoms with Gasteiger partial charge in [-0.15, -0.1) is 23.2 Å². The second-order valence-electron chi connectivity index (χ2n) is 13.2. The summed E-state index contributed by atoms with van der Waals surface area (Å²) in [5.74, 6) is -2.02. The van der Waals surface area contributed by atoms with Crippen LogP contribution in [0.4, 0.5) is 4.79 Å². The number of Topliss-reactive ketones (excluding diaryl/α,β-unsaturated/α-hetero) is 1. The molecule has 2 aliphatic carbocycles. The number of hydrogen-bond acceptors (Lipinski definition) is 9. The highest BCUT2D eigenvalue weighted by atomic mass is 35.5. The molecule has 0 bridgehead atoms. The van der Waals surface area contributed by atoms with Gasteiger partial charge >= 0.3 is 12.0 Å². The standard InChI is InChI=1S/C18H24N2O4.C8H14N2O2S.C6H11NO.C2H6.CH2Cl2/c1-18(2,3)15(16(22)23)20-17(24)19-14(10-21)13-8-11-6-4-5-7-12(11)9-13;9-8(12)7(11)6(10-13)4-5-2-1-3-5;1-7-4-2-3-6(7)5-8;1-2;2-1-3/h4-7,10,13-15H,8-9H2,1-3H3,(H,22,23)(H2,19,20,24);5-6,10,13H,1-4H2,(H2,9,12);5-6H,2-4H2,1H3;1-2H3;1H2. The third kappa shape index (κ3) is 17.0. The average Bonchev–Trinajstić information content (AvgIpc) is 3.68. The number of likely N-dealkylation sites (tertiary alicyclic amines) is 1. The number of carboxylic acids is 1. The number of likely N-dealkylation sites (N-methyl/N-ethyl adjacent to an activating group) is 1. The highest BCUT2D eigenvalue weighted by Gasteiger charge is 2.35. The first-order valence-electron chi connectivity index (χ1n) is 17.0. The van der Waals surface area contributed by atoms with Gasteiger partial charge in [-0.1, -0.05) is 91.0 Å². The van der Waals surface area contributed by atoms with Gasteiger partial charge in [0.1, 0.15) is 18.6 Å². The van der Waals surface area contributed by atoms with Gasteiger partial charge in [0.15, 0.2) is 0 Å². The summed E-state index contributed by atoms with van der Waals surface area (Å²) in [6, 6.07) is 5.36. The Morgan fingerprint density at radius 3 is 1.88 bits per heavy atom. The topological polar surface area (TPSA) is 188 Å². The van der Waals surface area contributed by atoms with E-state index in [2.05, 4.69) is 33.1 Å². The van der Waals surface area contributed by atoms with Crippen LogP contribution in [0.3, 0.4) is 0 Å². The van der Waals surface area contributed by atoms with Crippen LogP contribution in [-0.4, -0.2) is 89.4 Å². The number of fused-ring (bicyclic) bond motifs is 1. The molecular formula is C35H57Cl2N5O7S. The van der Waals surface area contributed by atoms with Crippen molar-refractivity contribution in [2.24, 2.45) is 23.0 Å². The Hall–Kier alpha value is -2.71. The van der Waals surface area contributed by atoms with Crippen molar-refractivity contribution in [1.29, 1.82) is 0 Å². The molecule has 6 N–H and O–H groups in total. The number of aliphatic carboxylic acids is 1. The van der Waals surface area contributed by atoms with Crippen LogP contribution < -0.4 is 21.1 Å². The van der Waals surface area contributed by atoms with Gasteiger partial charge in [-0.2, -0.15) is 0 Å². The number of halogens is 2. The number of ketones is 1. The van der Waals surface area contributed by atoms with Crippen molar-refractivity contribution >= 4 is 72.3 Å². The molecule has 12 nitrogen and oxygen atoms in total. The molecule has 284 valence electrons. The van der Waals surface area contributed by atoms with Crippen LogP contribution in [0.1, 0.15) is 84.3 Å². The van der Waals surface area contributed by atoms with Crippen LogP contribution in [0, 0.1) is 17.3 Å². The lowest BCUT2D eigenvalue weighted by molar-refractivity contribution is -0.142. The number of benzene rings is 1. The lowest BCUT2D eigenvalue weighted by Crippen LogP contribution is -2.55. The summed E-state index contributed by atoms with van der Waals surface area (Å²) in [4.78, 5) is 68.9. The number of thiol groups is 1. The molecular weight excluding hydrogens is 705 g/mol. The highest BCUT2D eigenvalue weighted by Crippen LogP contribution is 2.31. The van der Waals surface area contributed by atoms with E-state index in [1.54, 1.807) is 20.8 Å². The van der Waals surface area contributed by atoms with Gasteiger partial charge in [-0.3, -0.25) is 19.2 Å². The van der Waals surface area contributed by atoms with Crippen molar-refractivity contribution in [1.82, 2.24) is 20.3 Å². The van der Waals surface area contributed by atoms with Crippen LogP contribution in [0.2, 0.25) is 0 Å². The van der Waals surface area contributed by atoms with E-state index in [0.717, 1.165) is 51.2 Å². The predicted molar refractivity (Wildman–Crippen MR) is 201 cm³/mol. The maximum Gasteiger partial charge on any atom is 0.326 e. The summed E-state index contributed by atoms with van der Waals surface area (Å²) < 4.78 is 2.53. The zero-order valence-corrected chi connectivity index (χ0v) is 32.5. The summed E-state index contributed by atoms with van der Waals surface area (Å²) in [5, 5.41) is 14.5. The molecule has 1 saturated heterocycles. The zero-order chi connectivity index (χ0) is 38.4. The van der Waals surface area contributed by atoms with Gasteiger partial charge < -0.3 is 31.1 Å². The molecule has 1 heterocycles. The van der Waals surface area contributed by atoms with E-state index in [0.29, 0.717) is 12.3 Å². The number of carboxylic acid groups (broad SMARTS) is 1. The molecule has 3 amide bonds. The van der Waals surface area contributed by atoms with Gasteiger partial charge in [0.05, 0.1) is 23.5 Å². The molecule has 3 aliphatic rings. The van der Waals surface area contributed by atoms with Crippen LogP contribution in [0.5, 0.6) is 0 Å². The highest BCUT2D eigenvalue weighted by molar-refractivity contribution is 7.78. The Kier molecular flexibility index (Phi) is 23.9. The average molecular weight is 763 g/mol. The second kappa shape index (κ2) is 25.3. The first kappa shape index (κ1) is 47.3. The first-order chi connectivity index (χ1) is 23.6. The SMILES string of the molecule is CC.CC(C)(C)C(NC(=O)NC(C=O)C1Cc2ccccc2C1)C(=O)O.CN1CCCC1C=O.ClCCl.NC(=O)C(=O)C(CC1CCC1)NS. The monoisotopic (exact) mass is 761 g/mol. The van der Waals surface area contributed by atoms with E-state index in [1.165, 1.54) is 24.0 Å². The van der Waals surface area contributed by atoms with Gasteiger partial charge in [-0.05, 0) is 74.1 Å². The molecule has 50 heavy (non-hydrogen) atoms. The van der Waals surface area contributed by atoms with Gasteiger partial charge in [0.25, 0.3) is 5.91 Å². The molecule has 0 radical (unpaired) electrons. The largest absolute Gasteiger partial charge is 0.480 e. The van der Waals surface area contributed by atoms with Gasteiger partial charge in [-0.25, -0.2) is 9.59 Å². The van der Waals surface area contributed by atoms with Crippen molar-refractivity contribution in [3.8, 4) is 0 Å². The maximum atomic E-state index is 12.2. The summed E-state index contributed by atoms with van der Waals surface area (Å²) in [7, 11) is 1.99. The molecule has 1 aromatic rings. The van der Waals surface area contributed by atoms with Gasteiger partial charge in [0.2, 0.25) is 5.78 Å². The number of rotatable bonds is 11. The van der Waals surface area contributed by atoms with E-state index in [-0.39, 0.29) is 17.3 Å². The Balaban J connectivity index is 0.000000768. The molecule has 2 fully saturated rings. The number of carbonyl (C=O) groups excluding carboxylic acids is 5. The number of hydrogen-bond donors (Lipinski definition) is 6. The number of urea groups is 1. The maximum absolute atomic E-state index is 12.2. The van der Waals surface area contributed by atoms with Crippen molar-refractivity contribution in [2.75, 3.05) is 18.9 Å². The van der Waals surface area contributed by atoms with E-state index in [4.69, 9.17) is 28.9 Å². The smallest absolute Gasteiger partial charge is 0.326 e. The van der Waals surface area contributed by atoms with Crippen molar-refractivity contribution in [3.05, 3.63) is 35.4 Å². The first-order valence-corrected chi connectivity index (χ1v) is 18.5. The lowest BCUT2D eigenvalue weighted by atomic mass is 9.80. The van der Waals surface area contributed by atoms with Crippen molar-refractivity contribution in [3.63, 3.8) is 0 Å². The molecule has 4 rings (SSSR count). The fourth-order valence-electron chi connectivity index (χ4n) is 5.64. The van der Waals surface area contributed by atoms with Crippen molar-refractivity contribution < 1.29 is 33.9 Å². The Morgan fingerprint density at radius 2 is 1.56 bits per heavy atom. The Morgan fingerprint density at radius 1 is 1.02 bits per heavy atom. The van der Waals surface area contributed by atoms with Crippen LogP contribution in [0.15, 0.2) is 24.3 Å². The van der Waals surface area contributed by atoms with Crippen LogP contribution in [0.25, 0.3) is 0 Å². The molecule has 15 heteroatoms. The number of amides is 3. The summed E-state index contributed by atoms with van der Waals surface area (Å²) in [6.07, 6.45) is 9.61. The number of alkyl halides is 2. The minimum atomic E-state index is -1.10. The summed E-state index contributed by atoms with van der Waals surface area (Å²) in [5.41, 5.74) is 6.63. The van der Waals surface area contributed by atoms with Crippen LogP contribution >= 0.6 is 36.0 Å². The van der Waals surface area contributed by atoms with E-state index in [1.807, 2.05) is 45.2 Å². The number of aldehydes is 2. The number of nitrogens with one attached hydrogen (secondary N) is 3. The fourth-order valence-corrected chi connectivity index (χ4v) is 5.87. The number of primary amides is 1. The van der Waals surface area contributed by atoms with Crippen LogP contribution in [-0.2, 0) is 36.8 Å². The normalized spacial score (nSPS) is 18.5. The molecule has 1 aliphatic heterocycles. The molecule has 1 saturated carbocycles. The van der Waals surface area contributed by atoms with E-state index >= 15 is 0 Å². The predicted octanol–water partition coefficient (Wildman–Crippen LogP) is 4.53. The van der Waals surface area contributed by atoms with E-state index < -0.39 is 47.2 Å². The number of nitrogens with zero attached hydrogens (tertiary/aromatic N) is 1. The third-order valence-electron chi connectivity index (χ3n) is 8.67. The molecule has 4 unspecified atom stereocenters. The minimum Gasteiger partial charge on any atom is -0.480 e. The van der Waals surface area contributed by atoms with Gasteiger partial charge in [0, 0.05) is 0 Å². The molecule has 1 aromatic carbocycles. The van der Waals surface area contributed by atoms with Crippen molar-refractivity contribution in [2.45, 2.75) is 110 Å². The third-order valence-corrected chi connectivity index (χ3v) is 8.98. The minimum absolute atomic E-state index is 0.0106. The number of nitrogens with two attached hydrogens (primary N) is 1. The molecule has 0 aromatic heterocycles. The number of carbonyl (C=O) groups is 6.